The molecule has 0 spiro atoms. The van der Waals surface area contributed by atoms with E-state index in [9.17, 15) is 0 Å². The van der Waals surface area contributed by atoms with Gasteiger partial charge in [0.25, 0.3) is 0 Å². The molecular weight excluding hydrogens is 230 g/mol. The summed E-state index contributed by atoms with van der Waals surface area (Å²) in [4.78, 5) is 0. The summed E-state index contributed by atoms with van der Waals surface area (Å²) in [5.41, 5.74) is 1.59. The van der Waals surface area contributed by atoms with Gasteiger partial charge in [0, 0.05) is 11.8 Å². The van der Waals surface area contributed by atoms with Gasteiger partial charge in [-0.15, -0.1) is 0 Å². The molecule has 0 fully saturated rings. The van der Waals surface area contributed by atoms with Gasteiger partial charge in [-0.05, 0) is 12.1 Å². The number of para-hydroxylation sites is 1. The second kappa shape index (κ2) is 5.96. The highest BCUT2D eigenvalue weighted by Crippen LogP contribution is 2.17. The minimum Gasteiger partial charge on any atom is -0.394 e. The van der Waals surface area contributed by atoms with Crippen LogP contribution in [0.25, 0.3) is 5.69 Å². The number of aliphatic hydroxyl groups excluding tert-OH is 1. The minimum absolute atomic E-state index is 0.106. The quantitative estimate of drug-likeness (QED) is 0.862. The number of aromatic nitrogens is 2. The average molecular weight is 243 g/mol. The van der Waals surface area contributed by atoms with Crippen LogP contribution in [0.3, 0.4) is 0 Å². The molecule has 1 N–H and O–H groups in total. The van der Waals surface area contributed by atoms with Crippen molar-refractivity contribution in [2.24, 2.45) is 0 Å². The summed E-state index contributed by atoms with van der Waals surface area (Å²) < 4.78 is 6.89. The van der Waals surface area contributed by atoms with Crippen LogP contribution in [0.5, 0.6) is 0 Å². The van der Waals surface area contributed by atoms with E-state index >= 15 is 0 Å². The van der Waals surface area contributed by atoms with E-state index in [0.717, 1.165) is 5.69 Å². The highest BCUT2D eigenvalue weighted by atomic mass is 16.5. The highest BCUT2D eigenvalue weighted by Gasteiger charge is 2.13. The first-order chi connectivity index (χ1) is 8.85. The van der Waals surface area contributed by atoms with E-state index in [4.69, 9.17) is 15.1 Å². The Balaban J connectivity index is 2.17. The molecule has 0 radical (unpaired) electrons. The second-order valence-corrected chi connectivity index (χ2v) is 3.66. The molecule has 0 bridgehead atoms. The van der Waals surface area contributed by atoms with E-state index in [1.807, 2.05) is 36.4 Å². The first-order valence-electron chi connectivity index (χ1n) is 5.57. The van der Waals surface area contributed by atoms with E-state index in [0.29, 0.717) is 5.56 Å². The van der Waals surface area contributed by atoms with Crippen molar-refractivity contribution in [2.75, 3.05) is 13.2 Å². The Kier molecular flexibility index (Phi) is 4.07. The summed E-state index contributed by atoms with van der Waals surface area (Å²) >= 11 is 0. The second-order valence-electron chi connectivity index (χ2n) is 3.66. The van der Waals surface area contributed by atoms with Gasteiger partial charge in [0.2, 0.25) is 0 Å². The molecule has 18 heavy (non-hydrogen) atoms. The van der Waals surface area contributed by atoms with Crippen LogP contribution in [-0.4, -0.2) is 28.1 Å². The Morgan fingerprint density at radius 3 is 2.83 bits per heavy atom. The lowest BCUT2D eigenvalue weighted by Crippen LogP contribution is -2.05. The fraction of sp³-hybridized carbons (Fsp3) is 0.231. The molecule has 0 saturated carbocycles. The number of benzene rings is 1. The normalized spacial score (nSPS) is 12.0. The third kappa shape index (κ3) is 2.74. The van der Waals surface area contributed by atoms with Crippen molar-refractivity contribution in [1.29, 1.82) is 5.26 Å². The Labute approximate surface area is 105 Å². The number of rotatable bonds is 5. The number of nitriles is 1. The van der Waals surface area contributed by atoms with Gasteiger partial charge in [-0.3, -0.25) is 0 Å². The van der Waals surface area contributed by atoms with Crippen LogP contribution in [0.15, 0.2) is 42.7 Å². The predicted molar refractivity (Wildman–Crippen MR) is 65.0 cm³/mol. The molecule has 1 atom stereocenters. The maximum Gasteiger partial charge on any atom is 0.172 e. The first-order valence-corrected chi connectivity index (χ1v) is 5.57. The van der Waals surface area contributed by atoms with Crippen molar-refractivity contribution in [3.8, 4) is 11.8 Å². The van der Waals surface area contributed by atoms with E-state index in [2.05, 4.69) is 5.10 Å². The number of hydrogen-bond donors (Lipinski definition) is 1. The van der Waals surface area contributed by atoms with Gasteiger partial charge in [-0.1, -0.05) is 18.2 Å². The lowest BCUT2D eigenvalue weighted by Gasteiger charge is -2.06. The zero-order valence-corrected chi connectivity index (χ0v) is 9.73. The molecule has 92 valence electrons. The van der Waals surface area contributed by atoms with Crippen molar-refractivity contribution in [1.82, 2.24) is 9.78 Å². The Morgan fingerprint density at radius 1 is 1.39 bits per heavy atom. The largest absolute Gasteiger partial charge is 0.394 e. The molecule has 0 aliphatic rings. The van der Waals surface area contributed by atoms with Crippen molar-refractivity contribution >= 4 is 0 Å². The molecule has 1 aromatic carbocycles. The van der Waals surface area contributed by atoms with Crippen LogP contribution in [-0.2, 0) is 4.74 Å². The van der Waals surface area contributed by atoms with Crippen LogP contribution >= 0.6 is 0 Å². The Morgan fingerprint density at radius 2 is 2.17 bits per heavy atom. The molecule has 2 rings (SSSR count). The van der Waals surface area contributed by atoms with Gasteiger partial charge < -0.3 is 9.84 Å². The zero-order chi connectivity index (χ0) is 12.8. The summed E-state index contributed by atoms with van der Waals surface area (Å²) in [7, 11) is 0. The fourth-order valence-corrected chi connectivity index (χ4v) is 1.57. The molecule has 5 heteroatoms. The third-order valence-corrected chi connectivity index (χ3v) is 2.42. The standard InChI is InChI=1S/C13H13N3O2/c14-8-13(18-7-6-17)11-9-15-16(10-11)12-4-2-1-3-5-12/h1-5,9-10,13,17H,6-7H2. The lowest BCUT2D eigenvalue weighted by molar-refractivity contribution is 0.0581. The average Bonchev–Trinajstić information content (AvgIpc) is 2.90. The summed E-state index contributed by atoms with van der Waals surface area (Å²) in [5, 5.41) is 21.9. The smallest absolute Gasteiger partial charge is 0.172 e. The summed E-state index contributed by atoms with van der Waals surface area (Å²) in [6, 6.07) is 11.6. The first kappa shape index (κ1) is 12.3. The Hall–Kier alpha value is -2.16. The molecule has 1 heterocycles. The van der Waals surface area contributed by atoms with Crippen LogP contribution in [0, 0.1) is 11.3 Å². The SMILES string of the molecule is N#CC(OCCO)c1cnn(-c2ccccc2)c1. The number of ether oxygens (including phenoxy) is 1. The highest BCUT2D eigenvalue weighted by molar-refractivity contribution is 5.31. The topological polar surface area (TPSA) is 71.1 Å². The van der Waals surface area contributed by atoms with Gasteiger partial charge in [-0.25, -0.2) is 4.68 Å². The molecule has 5 nitrogen and oxygen atoms in total. The maximum atomic E-state index is 8.99. The number of nitrogens with zero attached hydrogens (tertiary/aromatic N) is 3. The Bertz CT molecular complexity index is 531. The molecule has 0 aliphatic carbocycles. The van der Waals surface area contributed by atoms with Gasteiger partial charge in [0.05, 0.1) is 31.2 Å². The van der Waals surface area contributed by atoms with Crippen LogP contribution in [0.2, 0.25) is 0 Å². The lowest BCUT2D eigenvalue weighted by atomic mass is 10.2. The van der Waals surface area contributed by atoms with E-state index in [-0.39, 0.29) is 13.2 Å². The van der Waals surface area contributed by atoms with E-state index in [1.54, 1.807) is 17.1 Å². The molecule has 1 aromatic heterocycles. The molecular formula is C13H13N3O2. The zero-order valence-electron chi connectivity index (χ0n) is 9.73. The molecule has 1 unspecified atom stereocenters. The summed E-state index contributed by atoms with van der Waals surface area (Å²) in [6.45, 7) is 0.0275. The van der Waals surface area contributed by atoms with Crippen molar-refractivity contribution < 1.29 is 9.84 Å². The van der Waals surface area contributed by atoms with Crippen molar-refractivity contribution in [2.45, 2.75) is 6.10 Å². The predicted octanol–water partition coefficient (Wildman–Crippen LogP) is 1.45. The molecule has 0 aliphatic heterocycles. The van der Waals surface area contributed by atoms with Gasteiger partial charge in [0.15, 0.2) is 6.10 Å². The van der Waals surface area contributed by atoms with Crippen LogP contribution < -0.4 is 0 Å². The van der Waals surface area contributed by atoms with Gasteiger partial charge in [-0.2, -0.15) is 10.4 Å². The van der Waals surface area contributed by atoms with Crippen molar-refractivity contribution in [3.05, 3.63) is 48.3 Å². The minimum atomic E-state index is -0.699. The van der Waals surface area contributed by atoms with Crippen molar-refractivity contribution in [3.63, 3.8) is 0 Å². The molecule has 2 aromatic rings. The number of hydrogen-bond acceptors (Lipinski definition) is 4. The third-order valence-electron chi connectivity index (χ3n) is 2.42. The fourth-order valence-electron chi connectivity index (χ4n) is 1.57. The molecule has 0 amide bonds. The monoisotopic (exact) mass is 243 g/mol. The van der Waals surface area contributed by atoms with E-state index < -0.39 is 6.10 Å². The van der Waals surface area contributed by atoms with Gasteiger partial charge >= 0.3 is 0 Å². The number of aliphatic hydroxyl groups is 1. The van der Waals surface area contributed by atoms with Crippen LogP contribution in [0.1, 0.15) is 11.7 Å². The molecule has 0 saturated heterocycles. The maximum absolute atomic E-state index is 8.99. The summed E-state index contributed by atoms with van der Waals surface area (Å²) in [5.74, 6) is 0. The van der Waals surface area contributed by atoms with E-state index in [1.165, 1.54) is 0 Å². The summed E-state index contributed by atoms with van der Waals surface area (Å²) in [6.07, 6.45) is 2.65. The van der Waals surface area contributed by atoms with Crippen LogP contribution in [0.4, 0.5) is 0 Å². The van der Waals surface area contributed by atoms with Gasteiger partial charge in [0.1, 0.15) is 0 Å².